The van der Waals surface area contributed by atoms with E-state index < -0.39 is 0 Å². The molecule has 1 unspecified atom stereocenters. The zero-order chi connectivity index (χ0) is 16.6. The van der Waals surface area contributed by atoms with Crippen LogP contribution in [0.3, 0.4) is 0 Å². The van der Waals surface area contributed by atoms with Gasteiger partial charge >= 0.3 is 0 Å². The van der Waals surface area contributed by atoms with E-state index in [0.29, 0.717) is 25.1 Å². The molecule has 1 aromatic carbocycles. The summed E-state index contributed by atoms with van der Waals surface area (Å²) in [6.07, 6.45) is 0.654. The molecule has 1 atom stereocenters. The first-order chi connectivity index (χ1) is 11.0. The number of aryl methyl sites for hydroxylation is 2. The maximum absolute atomic E-state index is 12.5. The van der Waals surface area contributed by atoms with E-state index in [-0.39, 0.29) is 17.7 Å². The molecule has 1 fully saturated rings. The highest BCUT2D eigenvalue weighted by Gasteiger charge is 2.30. The van der Waals surface area contributed by atoms with Crippen molar-refractivity contribution in [1.82, 2.24) is 9.47 Å². The number of nitrogens with two attached hydrogens (primary N) is 1. The molecular formula is C18H21N3O2. The normalized spacial score (nSPS) is 17.5. The predicted molar refractivity (Wildman–Crippen MR) is 88.4 cm³/mol. The Kier molecular flexibility index (Phi) is 3.94. The molecule has 120 valence electrons. The molecule has 2 N–H and O–H groups in total. The van der Waals surface area contributed by atoms with E-state index in [0.717, 1.165) is 17.1 Å². The van der Waals surface area contributed by atoms with Crippen LogP contribution in [0.25, 0.3) is 5.69 Å². The Morgan fingerprint density at radius 2 is 1.65 bits per heavy atom. The van der Waals surface area contributed by atoms with Crippen molar-refractivity contribution in [2.75, 3.05) is 13.1 Å². The van der Waals surface area contributed by atoms with Gasteiger partial charge in [0.25, 0.3) is 5.91 Å². The molecule has 0 bridgehead atoms. The molecule has 5 nitrogen and oxygen atoms in total. The van der Waals surface area contributed by atoms with Crippen LogP contribution in [0.5, 0.6) is 0 Å². The minimum atomic E-state index is -0.325. The highest BCUT2D eigenvalue weighted by molar-refractivity contribution is 5.95. The third-order valence-electron chi connectivity index (χ3n) is 4.52. The van der Waals surface area contributed by atoms with Crippen LogP contribution in [0.1, 0.15) is 28.2 Å². The minimum Gasteiger partial charge on any atom is -0.369 e. The number of primary amides is 1. The molecule has 3 rings (SSSR count). The van der Waals surface area contributed by atoms with E-state index >= 15 is 0 Å². The predicted octanol–water partition coefficient (Wildman–Crippen LogP) is 2.04. The Hall–Kier alpha value is -2.56. The number of nitrogens with zero attached hydrogens (tertiary/aromatic N) is 2. The Balaban J connectivity index is 1.78. The van der Waals surface area contributed by atoms with Crippen molar-refractivity contribution in [2.45, 2.75) is 20.3 Å². The summed E-state index contributed by atoms with van der Waals surface area (Å²) in [6.45, 7) is 5.12. The minimum absolute atomic E-state index is 0.0405. The number of rotatable bonds is 3. The van der Waals surface area contributed by atoms with Crippen LogP contribution in [0.4, 0.5) is 0 Å². The van der Waals surface area contributed by atoms with Gasteiger partial charge in [-0.15, -0.1) is 0 Å². The molecule has 2 aromatic rings. The molecule has 5 heteroatoms. The fourth-order valence-electron chi connectivity index (χ4n) is 3.19. The highest BCUT2D eigenvalue weighted by atomic mass is 16.2. The van der Waals surface area contributed by atoms with Gasteiger partial charge in [-0.3, -0.25) is 9.59 Å². The standard InChI is InChI=1S/C18H21N3O2/c1-12-3-4-13(2)21(12)16-7-5-14(6-8-16)18(23)20-10-9-15(11-20)17(19)22/h3-8,15H,9-11H2,1-2H3,(H2,19,22). The van der Waals surface area contributed by atoms with Gasteiger partial charge in [0.15, 0.2) is 0 Å². The summed E-state index contributed by atoms with van der Waals surface area (Å²) in [5.74, 6) is -0.584. The van der Waals surface area contributed by atoms with Crippen molar-refractivity contribution in [3.05, 3.63) is 53.3 Å². The first-order valence-electron chi connectivity index (χ1n) is 7.81. The van der Waals surface area contributed by atoms with Gasteiger partial charge in [-0.1, -0.05) is 0 Å². The zero-order valence-electron chi connectivity index (χ0n) is 13.5. The van der Waals surface area contributed by atoms with Gasteiger partial charge < -0.3 is 15.2 Å². The second kappa shape index (κ2) is 5.91. The van der Waals surface area contributed by atoms with Crippen molar-refractivity contribution in [2.24, 2.45) is 11.7 Å². The SMILES string of the molecule is Cc1ccc(C)n1-c1ccc(C(=O)N2CCC(C(N)=O)C2)cc1. The number of likely N-dealkylation sites (tertiary alicyclic amines) is 1. The molecule has 0 saturated carbocycles. The number of hydrogen-bond donors (Lipinski definition) is 1. The summed E-state index contributed by atoms with van der Waals surface area (Å²) in [5, 5.41) is 0. The lowest BCUT2D eigenvalue weighted by atomic mass is 10.1. The molecule has 23 heavy (non-hydrogen) atoms. The van der Waals surface area contributed by atoms with Crippen LogP contribution >= 0.6 is 0 Å². The molecule has 2 amide bonds. The van der Waals surface area contributed by atoms with Crippen molar-refractivity contribution in [1.29, 1.82) is 0 Å². The van der Waals surface area contributed by atoms with Gasteiger partial charge in [-0.2, -0.15) is 0 Å². The topological polar surface area (TPSA) is 68.3 Å². The fraction of sp³-hybridized carbons (Fsp3) is 0.333. The van der Waals surface area contributed by atoms with E-state index in [1.807, 2.05) is 24.3 Å². The van der Waals surface area contributed by atoms with Gasteiger partial charge in [0, 0.05) is 35.7 Å². The third-order valence-corrected chi connectivity index (χ3v) is 4.52. The summed E-state index contributed by atoms with van der Waals surface area (Å²) in [5.41, 5.74) is 9.32. The average molecular weight is 311 g/mol. The van der Waals surface area contributed by atoms with Crippen molar-refractivity contribution < 1.29 is 9.59 Å². The largest absolute Gasteiger partial charge is 0.369 e. The monoisotopic (exact) mass is 311 g/mol. The smallest absolute Gasteiger partial charge is 0.253 e. The van der Waals surface area contributed by atoms with Crippen LogP contribution in [0, 0.1) is 19.8 Å². The summed E-state index contributed by atoms with van der Waals surface area (Å²) >= 11 is 0. The van der Waals surface area contributed by atoms with Crippen molar-refractivity contribution >= 4 is 11.8 Å². The number of carbonyl (C=O) groups excluding carboxylic acids is 2. The van der Waals surface area contributed by atoms with E-state index in [4.69, 9.17) is 5.73 Å². The summed E-state index contributed by atoms with van der Waals surface area (Å²) in [7, 11) is 0. The second-order valence-corrected chi connectivity index (χ2v) is 6.14. The molecule has 1 aromatic heterocycles. The quantitative estimate of drug-likeness (QED) is 0.942. The van der Waals surface area contributed by atoms with E-state index in [2.05, 4.69) is 30.5 Å². The average Bonchev–Trinajstić information content (AvgIpc) is 3.14. The van der Waals surface area contributed by atoms with Crippen molar-refractivity contribution in [3.63, 3.8) is 0 Å². The number of benzene rings is 1. The Bertz CT molecular complexity index is 727. The van der Waals surface area contributed by atoms with Gasteiger partial charge in [-0.25, -0.2) is 0 Å². The second-order valence-electron chi connectivity index (χ2n) is 6.14. The third kappa shape index (κ3) is 2.86. The maximum Gasteiger partial charge on any atom is 0.253 e. The van der Waals surface area contributed by atoms with Gasteiger partial charge in [0.2, 0.25) is 5.91 Å². The first-order valence-corrected chi connectivity index (χ1v) is 7.81. The van der Waals surface area contributed by atoms with Crippen molar-refractivity contribution in [3.8, 4) is 5.69 Å². The lowest BCUT2D eigenvalue weighted by Crippen LogP contribution is -2.31. The molecular weight excluding hydrogens is 290 g/mol. The molecule has 1 saturated heterocycles. The maximum atomic E-state index is 12.5. The molecule has 0 radical (unpaired) electrons. The number of aromatic nitrogens is 1. The lowest BCUT2D eigenvalue weighted by Gasteiger charge is -2.16. The Morgan fingerprint density at radius 1 is 1.04 bits per heavy atom. The van der Waals surface area contributed by atoms with Crippen LogP contribution in [0.15, 0.2) is 36.4 Å². The van der Waals surface area contributed by atoms with Crippen LogP contribution < -0.4 is 5.73 Å². The summed E-state index contributed by atoms with van der Waals surface area (Å²) < 4.78 is 2.15. The molecule has 1 aliphatic rings. The van der Waals surface area contributed by atoms with Crippen LogP contribution in [0.2, 0.25) is 0 Å². The lowest BCUT2D eigenvalue weighted by molar-refractivity contribution is -0.121. The Morgan fingerprint density at radius 3 is 2.17 bits per heavy atom. The number of hydrogen-bond acceptors (Lipinski definition) is 2. The van der Waals surface area contributed by atoms with Crippen LogP contribution in [-0.2, 0) is 4.79 Å². The van der Waals surface area contributed by atoms with Gasteiger partial charge in [0.1, 0.15) is 0 Å². The highest BCUT2D eigenvalue weighted by Crippen LogP contribution is 2.20. The molecule has 2 heterocycles. The summed E-state index contributed by atoms with van der Waals surface area (Å²) in [4.78, 5) is 25.4. The number of carbonyl (C=O) groups is 2. The first kappa shape index (κ1) is 15.3. The molecule has 0 spiro atoms. The van der Waals surface area contributed by atoms with E-state index in [1.165, 1.54) is 0 Å². The van der Waals surface area contributed by atoms with Gasteiger partial charge in [0.05, 0.1) is 5.92 Å². The fourth-order valence-corrected chi connectivity index (χ4v) is 3.19. The van der Waals surface area contributed by atoms with E-state index in [1.54, 1.807) is 4.90 Å². The molecule has 1 aliphatic heterocycles. The van der Waals surface area contributed by atoms with Gasteiger partial charge in [-0.05, 0) is 56.7 Å². The zero-order valence-corrected chi connectivity index (χ0v) is 13.5. The Labute approximate surface area is 135 Å². The van der Waals surface area contributed by atoms with E-state index in [9.17, 15) is 9.59 Å². The molecule has 0 aliphatic carbocycles. The summed E-state index contributed by atoms with van der Waals surface area (Å²) in [6, 6.07) is 11.7. The number of amides is 2. The van der Waals surface area contributed by atoms with Crippen LogP contribution in [-0.4, -0.2) is 34.4 Å².